The molecule has 9 rings (SSSR count). The molecule has 4 saturated heterocycles. The van der Waals surface area contributed by atoms with E-state index in [0.717, 1.165) is 45.4 Å². The van der Waals surface area contributed by atoms with E-state index in [-0.39, 0.29) is 95.5 Å². The van der Waals surface area contributed by atoms with Gasteiger partial charge in [-0.15, -0.1) is 6.42 Å². The number of aromatic nitrogens is 3. The second kappa shape index (κ2) is 16.1. The molecular formula is C46H49F3N8O4. The van der Waals surface area contributed by atoms with Gasteiger partial charge in [0.1, 0.15) is 41.4 Å². The van der Waals surface area contributed by atoms with Gasteiger partial charge in [-0.25, -0.2) is 13.2 Å². The topological polar surface area (TPSA) is 131 Å². The zero-order valence-corrected chi connectivity index (χ0v) is 34.4. The summed E-state index contributed by atoms with van der Waals surface area (Å²) >= 11 is 0. The number of benzene rings is 2. The summed E-state index contributed by atoms with van der Waals surface area (Å²) in [5.41, 5.74) is -1.14. The van der Waals surface area contributed by atoms with Crippen LogP contribution >= 0.6 is 0 Å². The molecule has 1 amide bonds. The van der Waals surface area contributed by atoms with Gasteiger partial charge in [-0.1, -0.05) is 18.6 Å². The number of phenols is 1. The predicted molar refractivity (Wildman–Crippen MR) is 223 cm³/mol. The normalized spacial score (nSPS) is 29.5. The van der Waals surface area contributed by atoms with Crippen molar-refractivity contribution in [3.05, 3.63) is 60.3 Å². The number of terminal acetylenes is 1. The monoisotopic (exact) mass is 834 g/mol. The van der Waals surface area contributed by atoms with Crippen LogP contribution in [0.2, 0.25) is 0 Å². The Labute approximate surface area is 352 Å². The highest BCUT2D eigenvalue weighted by Crippen LogP contribution is 2.43. The van der Waals surface area contributed by atoms with Gasteiger partial charge in [-0.2, -0.15) is 15.2 Å². The molecule has 2 aromatic heterocycles. The van der Waals surface area contributed by atoms with Crippen molar-refractivity contribution in [2.24, 2.45) is 5.92 Å². The fraction of sp³-hybridized carbons (Fsp3) is 0.500. The number of pyridine rings is 1. The molecule has 0 radical (unpaired) electrons. The molecule has 2 aromatic carbocycles. The lowest BCUT2D eigenvalue weighted by Crippen LogP contribution is -2.56. The molecule has 6 heterocycles. The first kappa shape index (κ1) is 40.9. The second-order valence-corrected chi connectivity index (χ2v) is 17.6. The Morgan fingerprint density at radius 1 is 1.15 bits per heavy atom. The standard InChI is InChI=1S/C46H49F3N8O4/c1-5-34-37(48)12-7-27-16-33(58)17-35(40(27)34)42-41(49)43-36(20-51-42)44(54-22-32-15-28(19-50)38(23-54)57(32)39(59)6-2)53-45(52-43)61-25-46(4)18-29(47)21-56(46)31-10-8-30(9-11-31)55-13-14-60-24-26(55)3/h1,6-7,12,16-17,20,26,28-32,38,58H,2,8-11,13-15,18,21-25H2,3-4H3/t26-,28?,29+,30?,31?,32+,38+,46-/m0/s1. The number of carbonyl (C=O) groups is 1. The molecule has 61 heavy (non-hydrogen) atoms. The number of halogens is 3. The average molecular weight is 835 g/mol. The van der Waals surface area contributed by atoms with E-state index in [2.05, 4.69) is 45.3 Å². The minimum atomic E-state index is -1.06. The molecule has 4 aliphatic heterocycles. The number of piperazine rings is 1. The third-order valence-corrected chi connectivity index (χ3v) is 13.8. The molecule has 4 aromatic rings. The van der Waals surface area contributed by atoms with Crippen LogP contribution in [-0.2, 0) is 9.53 Å². The number of rotatable bonds is 8. The summed E-state index contributed by atoms with van der Waals surface area (Å²) in [5.74, 6) is 0.173. The van der Waals surface area contributed by atoms with Crippen LogP contribution in [0.3, 0.4) is 0 Å². The highest BCUT2D eigenvalue weighted by Gasteiger charge is 2.50. The number of morpholine rings is 1. The van der Waals surface area contributed by atoms with Crippen molar-refractivity contribution in [2.45, 2.75) is 94.3 Å². The molecule has 318 valence electrons. The molecule has 1 N–H and O–H groups in total. The van der Waals surface area contributed by atoms with Gasteiger partial charge in [-0.3, -0.25) is 19.6 Å². The van der Waals surface area contributed by atoms with Gasteiger partial charge >= 0.3 is 6.01 Å². The summed E-state index contributed by atoms with van der Waals surface area (Å²) in [4.78, 5) is 35.4. The Balaban J connectivity index is 1.08. The van der Waals surface area contributed by atoms with E-state index in [1.54, 1.807) is 4.90 Å². The number of phenolic OH excluding ortho intramolecular Hbond substituents is 1. The van der Waals surface area contributed by atoms with Crippen LogP contribution in [0.25, 0.3) is 32.9 Å². The third-order valence-electron chi connectivity index (χ3n) is 13.8. The lowest BCUT2D eigenvalue weighted by atomic mass is 9.86. The zero-order chi connectivity index (χ0) is 42.7. The fourth-order valence-corrected chi connectivity index (χ4v) is 11.0. The number of hydrogen-bond acceptors (Lipinski definition) is 11. The fourth-order valence-electron chi connectivity index (χ4n) is 11.0. The van der Waals surface area contributed by atoms with Gasteiger partial charge in [0.15, 0.2) is 5.82 Å². The lowest BCUT2D eigenvalue weighted by Gasteiger charge is -2.46. The molecule has 6 atom stereocenters. The maximum Gasteiger partial charge on any atom is 0.319 e. The Morgan fingerprint density at radius 3 is 2.67 bits per heavy atom. The van der Waals surface area contributed by atoms with Gasteiger partial charge in [0.2, 0.25) is 5.91 Å². The van der Waals surface area contributed by atoms with E-state index in [4.69, 9.17) is 20.9 Å². The number of likely N-dealkylation sites (tertiary alicyclic amines) is 1. The van der Waals surface area contributed by atoms with E-state index >= 15 is 13.2 Å². The van der Waals surface area contributed by atoms with E-state index in [0.29, 0.717) is 29.7 Å². The summed E-state index contributed by atoms with van der Waals surface area (Å²) in [6.45, 7) is 11.1. The van der Waals surface area contributed by atoms with Gasteiger partial charge < -0.3 is 24.4 Å². The van der Waals surface area contributed by atoms with Crippen molar-refractivity contribution >= 4 is 33.4 Å². The number of ether oxygens (including phenoxy) is 2. The average Bonchev–Trinajstić information content (AvgIpc) is 3.69. The van der Waals surface area contributed by atoms with Crippen molar-refractivity contribution in [1.29, 1.82) is 5.26 Å². The number of anilines is 1. The first-order chi connectivity index (χ1) is 29.4. The van der Waals surface area contributed by atoms with Crippen LogP contribution in [-0.4, -0.2) is 129 Å². The summed E-state index contributed by atoms with van der Waals surface area (Å²) in [7, 11) is 0. The number of nitriles is 1. The van der Waals surface area contributed by atoms with E-state index in [1.807, 2.05) is 11.8 Å². The Morgan fingerprint density at radius 2 is 1.93 bits per heavy atom. The predicted octanol–water partition coefficient (Wildman–Crippen LogP) is 6.14. The lowest BCUT2D eigenvalue weighted by molar-refractivity contribution is -0.129. The molecule has 2 bridgehead atoms. The summed E-state index contributed by atoms with van der Waals surface area (Å²) in [6.07, 6.45) is 11.9. The summed E-state index contributed by atoms with van der Waals surface area (Å²) in [6, 6.07) is 7.71. The highest BCUT2D eigenvalue weighted by molar-refractivity contribution is 6.03. The minimum Gasteiger partial charge on any atom is -0.508 e. The van der Waals surface area contributed by atoms with Crippen molar-refractivity contribution in [3.8, 4) is 41.4 Å². The minimum absolute atomic E-state index is 0.0315. The van der Waals surface area contributed by atoms with E-state index in [9.17, 15) is 15.2 Å². The maximum absolute atomic E-state index is 17.3. The van der Waals surface area contributed by atoms with E-state index < -0.39 is 35.3 Å². The van der Waals surface area contributed by atoms with Crippen molar-refractivity contribution < 1.29 is 32.5 Å². The number of alkyl halides is 1. The quantitative estimate of drug-likeness (QED) is 0.162. The number of amides is 1. The van der Waals surface area contributed by atoms with Gasteiger partial charge in [-0.05, 0) is 75.6 Å². The Hall–Kier alpha value is -5.48. The zero-order valence-electron chi connectivity index (χ0n) is 34.4. The SMILES string of the molecule is C#Cc1c(F)ccc2cc(O)cc(-c3ncc4c(N5C[C@H]6CC(C#N)[C@@H](C5)N6C(=O)C=C)nc(OC[C@]5(C)C[C@@H](F)CN5C5CCC(N6CCOC[C@@H]6C)CC5)nc4c3F)c12. The third kappa shape index (κ3) is 7.20. The molecule has 5 aliphatic rings. The first-order valence-electron chi connectivity index (χ1n) is 21.2. The summed E-state index contributed by atoms with van der Waals surface area (Å²) in [5, 5.41) is 21.6. The van der Waals surface area contributed by atoms with Gasteiger partial charge in [0.05, 0.1) is 53.8 Å². The van der Waals surface area contributed by atoms with Crippen LogP contribution in [0.5, 0.6) is 11.8 Å². The number of carbonyl (C=O) groups excluding carboxylic acids is 1. The molecule has 0 spiro atoms. The second-order valence-electron chi connectivity index (χ2n) is 17.6. The number of nitrogens with zero attached hydrogens (tertiary/aromatic N) is 8. The van der Waals surface area contributed by atoms with Crippen LogP contribution in [0.15, 0.2) is 43.1 Å². The van der Waals surface area contributed by atoms with Gasteiger partial charge in [0, 0.05) is 67.9 Å². The van der Waals surface area contributed by atoms with Gasteiger partial charge in [0.25, 0.3) is 0 Å². The molecular weight excluding hydrogens is 786 g/mol. The Kier molecular flexibility index (Phi) is 10.8. The van der Waals surface area contributed by atoms with Crippen LogP contribution < -0.4 is 9.64 Å². The maximum atomic E-state index is 17.3. The van der Waals surface area contributed by atoms with Crippen molar-refractivity contribution in [1.82, 2.24) is 29.7 Å². The smallest absolute Gasteiger partial charge is 0.319 e. The highest BCUT2D eigenvalue weighted by atomic mass is 19.1. The molecule has 1 saturated carbocycles. The van der Waals surface area contributed by atoms with Crippen molar-refractivity contribution in [3.63, 3.8) is 0 Å². The molecule has 15 heteroatoms. The van der Waals surface area contributed by atoms with Crippen LogP contribution in [0.1, 0.15) is 57.9 Å². The molecule has 5 fully saturated rings. The first-order valence-corrected chi connectivity index (χ1v) is 21.2. The van der Waals surface area contributed by atoms with Crippen LogP contribution in [0.4, 0.5) is 19.0 Å². The molecule has 1 aliphatic carbocycles. The summed E-state index contributed by atoms with van der Waals surface area (Å²) < 4.78 is 60.0. The van der Waals surface area contributed by atoms with Crippen LogP contribution in [0, 0.1) is 41.2 Å². The number of aromatic hydroxyl groups is 1. The number of fused-ring (bicyclic) bond motifs is 4. The number of hydrogen-bond donors (Lipinski definition) is 1. The van der Waals surface area contributed by atoms with E-state index in [1.165, 1.54) is 36.5 Å². The molecule has 12 nitrogen and oxygen atoms in total. The van der Waals surface area contributed by atoms with Crippen molar-refractivity contribution in [2.75, 3.05) is 50.9 Å². The Bertz CT molecular complexity index is 2490. The largest absolute Gasteiger partial charge is 0.508 e. The molecule has 1 unspecified atom stereocenters.